The molecule has 0 aliphatic rings. The highest BCUT2D eigenvalue weighted by atomic mass is 16.5. The summed E-state index contributed by atoms with van der Waals surface area (Å²) in [6.07, 6.45) is 1.63. The monoisotopic (exact) mass is 443 g/mol. The summed E-state index contributed by atoms with van der Waals surface area (Å²) in [5, 5.41) is 10.1. The van der Waals surface area contributed by atoms with Crippen molar-refractivity contribution in [1.82, 2.24) is 14.0 Å². The van der Waals surface area contributed by atoms with Crippen LogP contribution in [0.5, 0.6) is 5.75 Å². The largest absolute Gasteiger partial charge is 0.497 e. The van der Waals surface area contributed by atoms with Crippen LogP contribution in [0, 0.1) is 18.3 Å². The van der Waals surface area contributed by atoms with Crippen LogP contribution >= 0.6 is 0 Å². The summed E-state index contributed by atoms with van der Waals surface area (Å²) in [6, 6.07) is 13.7. The van der Waals surface area contributed by atoms with E-state index in [9.17, 15) is 14.9 Å². The Kier molecular flexibility index (Phi) is 6.02. The lowest BCUT2D eigenvalue weighted by atomic mass is 10.2. The molecule has 4 rings (SSSR count). The van der Waals surface area contributed by atoms with Crippen LogP contribution in [0.1, 0.15) is 21.5 Å². The second-order valence-corrected chi connectivity index (χ2v) is 7.33. The predicted molar refractivity (Wildman–Crippen MR) is 121 cm³/mol. The number of ether oxygens (including phenoxy) is 2. The first-order valence-corrected chi connectivity index (χ1v) is 10.2. The highest BCUT2D eigenvalue weighted by molar-refractivity contribution is 5.95. The molecule has 9 nitrogen and oxygen atoms in total. The van der Waals surface area contributed by atoms with Gasteiger partial charge in [-0.1, -0.05) is 12.1 Å². The summed E-state index contributed by atoms with van der Waals surface area (Å²) in [4.78, 5) is 35.2. The number of nitriles is 1. The molecule has 33 heavy (non-hydrogen) atoms. The van der Waals surface area contributed by atoms with Crippen molar-refractivity contribution in [2.24, 2.45) is 4.99 Å². The summed E-state index contributed by atoms with van der Waals surface area (Å²) < 4.78 is 13.4. The molecule has 0 N–H and O–H groups in total. The molecule has 0 saturated heterocycles. The van der Waals surface area contributed by atoms with Crippen LogP contribution in [-0.4, -0.2) is 40.7 Å². The minimum Gasteiger partial charge on any atom is -0.497 e. The number of carbonyl (C=O) groups excluding carboxylic acids is 1. The predicted octanol–water partition coefficient (Wildman–Crippen LogP) is 2.23. The molecule has 0 fully saturated rings. The van der Waals surface area contributed by atoms with Crippen LogP contribution in [-0.2, 0) is 11.3 Å². The number of pyridine rings is 2. The van der Waals surface area contributed by atoms with Crippen molar-refractivity contribution in [1.29, 1.82) is 5.26 Å². The standard InChI is InChI=1S/C24H21N5O4/c1-15-6-5-9-29-20(15)26-22-19(24(29)31)13-17(14-25)21(28(22)10-11-32-2)27-23(30)16-7-4-8-18(12-16)33-3/h4-9,12-13H,10-11H2,1-3H3. The van der Waals surface area contributed by atoms with E-state index < -0.39 is 5.91 Å². The van der Waals surface area contributed by atoms with E-state index in [1.807, 2.05) is 13.0 Å². The number of amides is 1. The van der Waals surface area contributed by atoms with Gasteiger partial charge in [0.1, 0.15) is 23.1 Å². The number of carbonyl (C=O) groups is 1. The fourth-order valence-corrected chi connectivity index (χ4v) is 3.60. The van der Waals surface area contributed by atoms with Crippen LogP contribution in [0.2, 0.25) is 0 Å². The van der Waals surface area contributed by atoms with Crippen molar-refractivity contribution in [3.63, 3.8) is 0 Å². The van der Waals surface area contributed by atoms with Crippen molar-refractivity contribution in [2.75, 3.05) is 20.8 Å². The molecular weight excluding hydrogens is 422 g/mol. The summed E-state index contributed by atoms with van der Waals surface area (Å²) >= 11 is 0. The van der Waals surface area contributed by atoms with Gasteiger partial charge in [0.25, 0.3) is 11.5 Å². The fraction of sp³-hybridized carbons (Fsp3) is 0.208. The molecule has 166 valence electrons. The molecule has 0 atom stereocenters. The Hall–Kier alpha value is -4.29. The smallest absolute Gasteiger partial charge is 0.279 e. The lowest BCUT2D eigenvalue weighted by Crippen LogP contribution is -2.30. The zero-order chi connectivity index (χ0) is 23.5. The van der Waals surface area contributed by atoms with Crippen LogP contribution in [0.15, 0.2) is 58.4 Å². The summed E-state index contributed by atoms with van der Waals surface area (Å²) in [5.41, 5.74) is 1.80. The van der Waals surface area contributed by atoms with Crippen molar-refractivity contribution in [3.05, 3.63) is 81.2 Å². The van der Waals surface area contributed by atoms with Crippen LogP contribution in [0.3, 0.4) is 0 Å². The molecule has 0 aliphatic heterocycles. The van der Waals surface area contributed by atoms with Crippen LogP contribution < -0.4 is 15.8 Å². The third-order valence-electron chi connectivity index (χ3n) is 5.27. The van der Waals surface area contributed by atoms with Gasteiger partial charge in [0, 0.05) is 25.4 Å². The molecule has 0 radical (unpaired) electrons. The Labute approximate surface area is 188 Å². The molecule has 0 aliphatic carbocycles. The van der Waals surface area contributed by atoms with E-state index in [0.717, 1.165) is 5.56 Å². The zero-order valence-corrected chi connectivity index (χ0v) is 18.4. The van der Waals surface area contributed by atoms with Gasteiger partial charge >= 0.3 is 0 Å². The Morgan fingerprint density at radius 1 is 1.18 bits per heavy atom. The molecule has 4 aromatic rings. The summed E-state index contributed by atoms with van der Waals surface area (Å²) in [6.45, 7) is 2.36. The van der Waals surface area contributed by atoms with Gasteiger partial charge < -0.3 is 14.0 Å². The van der Waals surface area contributed by atoms with Gasteiger partial charge in [-0.2, -0.15) is 10.3 Å². The minimum atomic E-state index is -0.551. The van der Waals surface area contributed by atoms with Gasteiger partial charge in [0.2, 0.25) is 0 Å². The molecule has 3 heterocycles. The Morgan fingerprint density at radius 3 is 2.73 bits per heavy atom. The van der Waals surface area contributed by atoms with Crippen LogP contribution in [0.4, 0.5) is 0 Å². The molecule has 9 heteroatoms. The van der Waals surface area contributed by atoms with E-state index in [4.69, 9.17) is 14.5 Å². The first-order chi connectivity index (χ1) is 16.0. The van der Waals surface area contributed by atoms with E-state index in [2.05, 4.69) is 11.1 Å². The number of hydrogen-bond acceptors (Lipinski definition) is 6. The van der Waals surface area contributed by atoms with Crippen molar-refractivity contribution >= 4 is 22.6 Å². The van der Waals surface area contributed by atoms with Gasteiger partial charge in [-0.15, -0.1) is 0 Å². The molecule has 0 spiro atoms. The van der Waals surface area contributed by atoms with E-state index in [-0.39, 0.29) is 35.1 Å². The van der Waals surface area contributed by atoms with Gasteiger partial charge in [0.15, 0.2) is 5.49 Å². The lowest BCUT2D eigenvalue weighted by Gasteiger charge is -2.13. The van der Waals surface area contributed by atoms with Crippen LogP contribution in [0.25, 0.3) is 16.7 Å². The third-order valence-corrected chi connectivity index (χ3v) is 5.27. The first-order valence-electron chi connectivity index (χ1n) is 10.2. The number of hydrogen-bond donors (Lipinski definition) is 0. The molecule has 0 saturated carbocycles. The first kappa shape index (κ1) is 21.9. The number of benzene rings is 1. The quantitative estimate of drug-likeness (QED) is 0.438. The lowest BCUT2D eigenvalue weighted by molar-refractivity contribution is 0.0996. The Balaban J connectivity index is 2.08. The highest BCUT2D eigenvalue weighted by Crippen LogP contribution is 2.15. The minimum absolute atomic E-state index is 0.0846. The fourth-order valence-electron chi connectivity index (χ4n) is 3.60. The highest BCUT2D eigenvalue weighted by Gasteiger charge is 2.16. The molecular formula is C24H21N5O4. The molecule has 0 unspecified atom stereocenters. The maximum atomic E-state index is 13.2. The van der Waals surface area contributed by atoms with Gasteiger partial charge in [-0.05, 0) is 42.8 Å². The second-order valence-electron chi connectivity index (χ2n) is 7.33. The Morgan fingerprint density at radius 2 is 2.00 bits per heavy atom. The SMILES string of the molecule is COCCn1c(=NC(=O)c2cccc(OC)c2)c(C#N)cc2c(=O)n3cccc(C)c3nc21. The second kappa shape index (κ2) is 9.06. The Bertz CT molecular complexity index is 1560. The number of aromatic nitrogens is 3. The number of nitrogens with zero attached hydrogens (tertiary/aromatic N) is 5. The van der Waals surface area contributed by atoms with E-state index >= 15 is 0 Å². The van der Waals surface area contributed by atoms with E-state index in [1.54, 1.807) is 41.1 Å². The average molecular weight is 443 g/mol. The average Bonchev–Trinajstić information content (AvgIpc) is 2.84. The number of methoxy groups -OCH3 is 2. The van der Waals surface area contributed by atoms with Gasteiger partial charge in [-0.3, -0.25) is 14.0 Å². The molecule has 1 aromatic carbocycles. The molecule has 0 bridgehead atoms. The summed E-state index contributed by atoms with van der Waals surface area (Å²) in [7, 11) is 3.05. The normalized spacial score (nSPS) is 11.6. The third kappa shape index (κ3) is 4.00. The van der Waals surface area contributed by atoms with E-state index in [1.165, 1.54) is 24.7 Å². The van der Waals surface area contributed by atoms with Gasteiger partial charge in [0.05, 0.1) is 24.7 Å². The summed E-state index contributed by atoms with van der Waals surface area (Å²) in [5.74, 6) is -0.0384. The number of fused-ring (bicyclic) bond motifs is 2. The van der Waals surface area contributed by atoms with E-state index in [0.29, 0.717) is 22.6 Å². The van der Waals surface area contributed by atoms with Crippen molar-refractivity contribution in [3.8, 4) is 11.8 Å². The maximum absolute atomic E-state index is 13.2. The number of aryl methyl sites for hydroxylation is 1. The van der Waals surface area contributed by atoms with Crippen molar-refractivity contribution in [2.45, 2.75) is 13.5 Å². The van der Waals surface area contributed by atoms with Gasteiger partial charge in [-0.25, -0.2) is 4.98 Å². The van der Waals surface area contributed by atoms with Crippen molar-refractivity contribution < 1.29 is 14.3 Å². The molecule has 1 amide bonds. The maximum Gasteiger partial charge on any atom is 0.279 e. The molecule has 3 aromatic heterocycles. The topological polar surface area (TPSA) is 111 Å². The number of rotatable bonds is 5. The zero-order valence-electron chi connectivity index (χ0n) is 18.4.